The van der Waals surface area contributed by atoms with Crippen LogP contribution in [0.4, 0.5) is 0 Å². The number of hydrogen-bond donors (Lipinski definition) is 1. The highest BCUT2D eigenvalue weighted by atomic mass is 35.5. The smallest absolute Gasteiger partial charge is 0.295 e. The van der Waals surface area contributed by atoms with Gasteiger partial charge in [-0.1, -0.05) is 61.2 Å². The number of methoxy groups -OCH3 is 2. The number of ketones is 1. The lowest BCUT2D eigenvalue weighted by Gasteiger charge is -2.26. The lowest BCUT2D eigenvalue weighted by molar-refractivity contribution is -0.139. The first-order chi connectivity index (χ1) is 15.3. The van der Waals surface area contributed by atoms with Gasteiger partial charge in [0.15, 0.2) is 0 Å². The molecule has 1 unspecified atom stereocenters. The van der Waals surface area contributed by atoms with Gasteiger partial charge in [0.1, 0.15) is 17.3 Å². The van der Waals surface area contributed by atoms with E-state index in [-0.39, 0.29) is 26.9 Å². The van der Waals surface area contributed by atoms with Crippen molar-refractivity contribution in [3.63, 3.8) is 0 Å². The lowest BCUT2D eigenvalue weighted by Crippen LogP contribution is -2.30. The number of carbonyl (C=O) groups is 2. The van der Waals surface area contributed by atoms with Gasteiger partial charge in [0, 0.05) is 17.1 Å². The molecule has 2 aromatic carbocycles. The fraction of sp³-hybridized carbons (Fsp3) is 0.333. The molecule has 1 fully saturated rings. The highest BCUT2D eigenvalue weighted by Gasteiger charge is 2.47. The number of amides is 1. The second-order valence-electron chi connectivity index (χ2n) is 7.41. The number of Topliss-reactive ketones (excluding diaryl/α,β-unsaturated/α-hetero) is 1. The largest absolute Gasteiger partial charge is 0.507 e. The van der Waals surface area contributed by atoms with E-state index in [1.807, 2.05) is 0 Å². The van der Waals surface area contributed by atoms with E-state index in [0.717, 1.165) is 19.3 Å². The van der Waals surface area contributed by atoms with Crippen LogP contribution >= 0.6 is 23.2 Å². The third-order valence-electron chi connectivity index (χ3n) is 5.44. The average molecular weight is 478 g/mol. The van der Waals surface area contributed by atoms with E-state index in [0.29, 0.717) is 17.9 Å². The molecule has 170 valence electrons. The molecule has 1 saturated heterocycles. The molecule has 1 amide bonds. The third kappa shape index (κ3) is 4.43. The zero-order valence-corrected chi connectivity index (χ0v) is 19.7. The summed E-state index contributed by atoms with van der Waals surface area (Å²) in [6, 6.07) is 9.21. The molecule has 0 saturated carbocycles. The van der Waals surface area contributed by atoms with Crippen LogP contribution < -0.4 is 9.47 Å². The van der Waals surface area contributed by atoms with Crippen molar-refractivity contribution >= 4 is 40.7 Å². The van der Waals surface area contributed by atoms with Crippen molar-refractivity contribution in [2.75, 3.05) is 20.8 Å². The molecular formula is C24H25Cl2NO5. The first-order valence-corrected chi connectivity index (χ1v) is 11.1. The highest BCUT2D eigenvalue weighted by molar-refractivity contribution is 6.46. The molecule has 0 spiro atoms. The Labute approximate surface area is 197 Å². The van der Waals surface area contributed by atoms with Crippen LogP contribution in [0.15, 0.2) is 42.0 Å². The Balaban J connectivity index is 2.26. The van der Waals surface area contributed by atoms with Gasteiger partial charge in [-0.25, -0.2) is 0 Å². The van der Waals surface area contributed by atoms with Gasteiger partial charge < -0.3 is 19.5 Å². The minimum absolute atomic E-state index is 0.0624. The Morgan fingerprint density at radius 3 is 2.47 bits per heavy atom. The summed E-state index contributed by atoms with van der Waals surface area (Å²) in [5.74, 6) is -1.20. The second-order valence-corrected chi connectivity index (χ2v) is 8.25. The zero-order chi connectivity index (χ0) is 23.4. The lowest BCUT2D eigenvalue weighted by atomic mass is 9.94. The molecule has 0 aliphatic carbocycles. The van der Waals surface area contributed by atoms with Crippen molar-refractivity contribution in [1.29, 1.82) is 0 Å². The summed E-state index contributed by atoms with van der Waals surface area (Å²) >= 11 is 12.4. The van der Waals surface area contributed by atoms with Crippen LogP contribution in [0.5, 0.6) is 11.5 Å². The first kappa shape index (κ1) is 24.0. The number of likely N-dealkylation sites (tertiary alicyclic amines) is 1. The van der Waals surface area contributed by atoms with Gasteiger partial charge in [0.2, 0.25) is 0 Å². The van der Waals surface area contributed by atoms with Crippen LogP contribution in [0.1, 0.15) is 43.4 Å². The maximum Gasteiger partial charge on any atom is 0.295 e. The number of benzene rings is 2. The molecule has 1 aliphatic rings. The number of aliphatic hydroxyl groups is 1. The molecule has 6 nitrogen and oxygen atoms in total. The molecule has 8 heteroatoms. The zero-order valence-electron chi connectivity index (χ0n) is 18.2. The topological polar surface area (TPSA) is 76.1 Å². The molecule has 0 bridgehead atoms. The van der Waals surface area contributed by atoms with Crippen LogP contribution in [0.3, 0.4) is 0 Å². The number of nitrogens with zero attached hydrogens (tertiary/aromatic N) is 1. The van der Waals surface area contributed by atoms with Gasteiger partial charge in [0.25, 0.3) is 11.7 Å². The van der Waals surface area contributed by atoms with E-state index in [1.165, 1.54) is 31.3 Å². The van der Waals surface area contributed by atoms with Crippen molar-refractivity contribution in [3.05, 3.63) is 63.1 Å². The van der Waals surface area contributed by atoms with Gasteiger partial charge in [-0.2, -0.15) is 0 Å². The van der Waals surface area contributed by atoms with Crippen molar-refractivity contribution in [2.45, 2.75) is 32.2 Å². The third-order valence-corrected chi connectivity index (χ3v) is 5.94. The fourth-order valence-electron chi connectivity index (χ4n) is 3.95. The standard InChI is InChI=1S/C24H25Cl2NO5/c1-4-5-8-11-27-20(15-9-6-7-10-18(15)31-2)19(22(29)24(27)30)21(28)16-12-14(25)13-17(26)23(16)32-3/h6-7,9-10,12-13,20,28H,4-5,8,11H2,1-3H3/b21-19+. The van der Waals surface area contributed by atoms with E-state index in [1.54, 1.807) is 24.3 Å². The summed E-state index contributed by atoms with van der Waals surface area (Å²) in [6.07, 6.45) is 2.59. The molecular weight excluding hydrogens is 453 g/mol. The Kier molecular flexibility index (Phi) is 7.69. The van der Waals surface area contributed by atoms with Crippen LogP contribution in [-0.2, 0) is 9.59 Å². The van der Waals surface area contributed by atoms with Gasteiger partial charge in [-0.15, -0.1) is 0 Å². The van der Waals surface area contributed by atoms with E-state index in [4.69, 9.17) is 32.7 Å². The van der Waals surface area contributed by atoms with Crippen molar-refractivity contribution < 1.29 is 24.2 Å². The molecule has 1 N–H and O–H groups in total. The summed E-state index contributed by atoms with van der Waals surface area (Å²) in [6.45, 7) is 2.42. The molecule has 1 aliphatic heterocycles. The minimum Gasteiger partial charge on any atom is -0.507 e. The van der Waals surface area contributed by atoms with E-state index in [9.17, 15) is 14.7 Å². The minimum atomic E-state index is -0.828. The summed E-state index contributed by atoms with van der Waals surface area (Å²) in [5.41, 5.74) is 0.670. The van der Waals surface area contributed by atoms with E-state index >= 15 is 0 Å². The summed E-state index contributed by atoms with van der Waals surface area (Å²) in [4.78, 5) is 27.7. The monoisotopic (exact) mass is 477 g/mol. The van der Waals surface area contributed by atoms with Crippen molar-refractivity contribution in [1.82, 2.24) is 4.90 Å². The predicted molar refractivity (Wildman–Crippen MR) is 125 cm³/mol. The predicted octanol–water partition coefficient (Wildman–Crippen LogP) is 5.62. The van der Waals surface area contributed by atoms with Crippen LogP contribution in [0.25, 0.3) is 5.76 Å². The normalized spacial score (nSPS) is 17.7. The number of rotatable bonds is 8. The van der Waals surface area contributed by atoms with Crippen LogP contribution in [0, 0.1) is 0 Å². The molecule has 0 aromatic heterocycles. The van der Waals surface area contributed by atoms with E-state index < -0.39 is 23.5 Å². The van der Waals surface area contributed by atoms with Crippen LogP contribution in [0.2, 0.25) is 10.0 Å². The van der Waals surface area contributed by atoms with Gasteiger partial charge in [0.05, 0.1) is 36.4 Å². The molecule has 32 heavy (non-hydrogen) atoms. The molecule has 0 radical (unpaired) electrons. The van der Waals surface area contributed by atoms with Gasteiger partial charge in [-0.05, 0) is 24.6 Å². The summed E-state index contributed by atoms with van der Waals surface area (Å²) < 4.78 is 10.8. The van der Waals surface area contributed by atoms with Gasteiger partial charge in [-0.3, -0.25) is 9.59 Å². The summed E-state index contributed by atoms with van der Waals surface area (Å²) in [5, 5.41) is 11.7. The number of aliphatic hydroxyl groups excluding tert-OH is 1. The number of para-hydroxylation sites is 1. The van der Waals surface area contributed by atoms with E-state index in [2.05, 4.69) is 6.92 Å². The second kappa shape index (κ2) is 10.3. The number of carbonyl (C=O) groups excluding carboxylic acids is 2. The molecule has 1 heterocycles. The number of ether oxygens (including phenoxy) is 2. The Bertz CT molecular complexity index is 1070. The molecule has 1 atom stereocenters. The van der Waals surface area contributed by atoms with Crippen molar-refractivity contribution in [2.24, 2.45) is 0 Å². The number of hydrogen-bond acceptors (Lipinski definition) is 5. The maximum absolute atomic E-state index is 13.2. The first-order valence-electron chi connectivity index (χ1n) is 10.3. The Hall–Kier alpha value is -2.70. The summed E-state index contributed by atoms with van der Waals surface area (Å²) in [7, 11) is 2.91. The fourth-order valence-corrected chi connectivity index (χ4v) is 4.52. The quantitative estimate of drug-likeness (QED) is 0.231. The SMILES string of the molecule is CCCCCN1C(=O)C(=O)/C(=C(/O)c2cc(Cl)cc(Cl)c2OC)C1c1ccccc1OC. The Morgan fingerprint density at radius 1 is 1.09 bits per heavy atom. The average Bonchev–Trinajstić information content (AvgIpc) is 3.03. The maximum atomic E-state index is 13.2. The molecule has 2 aromatic rings. The number of unbranched alkanes of at least 4 members (excludes halogenated alkanes) is 2. The Morgan fingerprint density at radius 2 is 1.81 bits per heavy atom. The molecule has 3 rings (SSSR count). The highest BCUT2D eigenvalue weighted by Crippen LogP contribution is 2.45. The van der Waals surface area contributed by atoms with Crippen LogP contribution in [-0.4, -0.2) is 42.5 Å². The van der Waals surface area contributed by atoms with Crippen molar-refractivity contribution in [3.8, 4) is 11.5 Å². The number of halogens is 2. The van der Waals surface area contributed by atoms with Gasteiger partial charge >= 0.3 is 0 Å².